The van der Waals surface area contributed by atoms with Gasteiger partial charge in [0, 0.05) is 6.08 Å². The molecule has 7 heteroatoms. The van der Waals surface area contributed by atoms with E-state index in [1.54, 1.807) is 31.2 Å². The summed E-state index contributed by atoms with van der Waals surface area (Å²) in [6.07, 6.45) is 2.97. The largest absolute Gasteiger partial charge is 0.494 e. The maximum atomic E-state index is 13.8. The zero-order valence-electron chi connectivity index (χ0n) is 15.5. The molecular formula is C20H21ClFNO4. The molecule has 1 N–H and O–H groups in total. The van der Waals surface area contributed by atoms with Crippen molar-refractivity contribution in [1.82, 2.24) is 5.32 Å². The first-order chi connectivity index (χ1) is 12.9. The van der Waals surface area contributed by atoms with E-state index < -0.39 is 5.82 Å². The van der Waals surface area contributed by atoms with Crippen LogP contribution in [-0.4, -0.2) is 27.2 Å². The Labute approximate surface area is 162 Å². The Morgan fingerprint density at radius 3 is 2.41 bits per heavy atom. The molecule has 144 valence electrons. The summed E-state index contributed by atoms with van der Waals surface area (Å²) in [5.74, 6) is 0.238. The number of nitrogens with one attached hydrogen (secondary N) is 1. The van der Waals surface area contributed by atoms with Crippen LogP contribution >= 0.6 is 11.6 Å². The molecule has 2 aromatic carbocycles. The summed E-state index contributed by atoms with van der Waals surface area (Å²) in [6.45, 7) is 1.76. The van der Waals surface area contributed by atoms with Gasteiger partial charge >= 0.3 is 0 Å². The van der Waals surface area contributed by atoms with E-state index in [4.69, 9.17) is 25.8 Å². The van der Waals surface area contributed by atoms with E-state index in [9.17, 15) is 9.18 Å². The lowest BCUT2D eigenvalue weighted by Gasteiger charge is -2.14. The highest BCUT2D eigenvalue weighted by Gasteiger charge is 2.12. The molecule has 2 rings (SSSR count). The second kappa shape index (κ2) is 9.28. The third kappa shape index (κ3) is 5.14. The first-order valence-corrected chi connectivity index (χ1v) is 8.51. The number of hydrogen-bond donors (Lipinski definition) is 1. The van der Waals surface area contributed by atoms with E-state index in [1.807, 2.05) is 0 Å². The van der Waals surface area contributed by atoms with Gasteiger partial charge in [-0.1, -0.05) is 17.7 Å². The van der Waals surface area contributed by atoms with E-state index in [0.717, 1.165) is 0 Å². The van der Waals surface area contributed by atoms with Gasteiger partial charge < -0.3 is 19.5 Å². The van der Waals surface area contributed by atoms with Gasteiger partial charge in [0.05, 0.1) is 32.4 Å². The number of amides is 1. The van der Waals surface area contributed by atoms with Gasteiger partial charge in [-0.2, -0.15) is 0 Å². The number of carbonyl (C=O) groups is 1. The molecule has 0 aliphatic carbocycles. The number of ether oxygens (including phenoxy) is 3. The van der Waals surface area contributed by atoms with E-state index in [1.165, 1.54) is 39.5 Å². The van der Waals surface area contributed by atoms with E-state index in [0.29, 0.717) is 27.6 Å². The molecule has 0 heterocycles. The molecule has 0 saturated heterocycles. The SMILES string of the molecule is COc1ccc([C@@H](C)NC(=O)/C=C/c2cc(Cl)c(OC)c(OC)c2)cc1F. The van der Waals surface area contributed by atoms with Crippen LogP contribution < -0.4 is 19.5 Å². The van der Waals surface area contributed by atoms with Crippen molar-refractivity contribution in [3.05, 3.63) is 58.4 Å². The predicted octanol–water partition coefficient (Wildman–Crippen LogP) is 4.40. The lowest BCUT2D eigenvalue weighted by atomic mass is 10.1. The fourth-order valence-corrected chi connectivity index (χ4v) is 2.80. The summed E-state index contributed by atoms with van der Waals surface area (Å²) >= 11 is 6.15. The summed E-state index contributed by atoms with van der Waals surface area (Å²) in [5.41, 5.74) is 1.31. The van der Waals surface area contributed by atoms with Gasteiger partial charge in [-0.25, -0.2) is 4.39 Å². The highest BCUT2D eigenvalue weighted by atomic mass is 35.5. The summed E-state index contributed by atoms with van der Waals surface area (Å²) in [4.78, 5) is 12.2. The molecular weight excluding hydrogens is 373 g/mol. The van der Waals surface area contributed by atoms with Crippen LogP contribution in [0, 0.1) is 5.82 Å². The van der Waals surface area contributed by atoms with Gasteiger partial charge in [0.1, 0.15) is 0 Å². The number of rotatable bonds is 7. The average Bonchev–Trinajstić information content (AvgIpc) is 2.65. The molecule has 2 aromatic rings. The van der Waals surface area contributed by atoms with Crippen LogP contribution in [-0.2, 0) is 4.79 Å². The molecule has 0 bridgehead atoms. The van der Waals surface area contributed by atoms with Crippen LogP contribution in [0.15, 0.2) is 36.4 Å². The van der Waals surface area contributed by atoms with Gasteiger partial charge in [0.15, 0.2) is 23.1 Å². The van der Waals surface area contributed by atoms with Crippen molar-refractivity contribution in [1.29, 1.82) is 0 Å². The zero-order chi connectivity index (χ0) is 20.0. The van der Waals surface area contributed by atoms with E-state index in [2.05, 4.69) is 5.32 Å². The van der Waals surface area contributed by atoms with Gasteiger partial charge in [0.25, 0.3) is 0 Å². The molecule has 0 aliphatic rings. The summed E-state index contributed by atoms with van der Waals surface area (Å²) in [7, 11) is 4.40. The Bertz CT molecular complexity index is 854. The Kier molecular flexibility index (Phi) is 7.07. The van der Waals surface area contributed by atoms with Crippen molar-refractivity contribution in [2.45, 2.75) is 13.0 Å². The minimum absolute atomic E-state index is 0.155. The Morgan fingerprint density at radius 2 is 1.81 bits per heavy atom. The fraction of sp³-hybridized carbons (Fsp3) is 0.250. The second-order valence-corrected chi connectivity index (χ2v) is 6.10. The summed E-state index contributed by atoms with van der Waals surface area (Å²) < 4.78 is 29.1. The van der Waals surface area contributed by atoms with Crippen LogP contribution in [0.2, 0.25) is 5.02 Å². The molecule has 0 saturated carbocycles. The van der Waals surface area contributed by atoms with Gasteiger partial charge in [-0.05, 0) is 48.4 Å². The molecule has 1 amide bonds. The second-order valence-electron chi connectivity index (χ2n) is 5.70. The highest BCUT2D eigenvalue weighted by Crippen LogP contribution is 2.36. The third-order valence-electron chi connectivity index (χ3n) is 3.92. The summed E-state index contributed by atoms with van der Waals surface area (Å²) in [6, 6.07) is 7.55. The first-order valence-electron chi connectivity index (χ1n) is 8.13. The van der Waals surface area contributed by atoms with E-state index >= 15 is 0 Å². The lowest BCUT2D eigenvalue weighted by Crippen LogP contribution is -2.24. The number of hydrogen-bond acceptors (Lipinski definition) is 4. The van der Waals surface area contributed by atoms with Crippen LogP contribution in [0.25, 0.3) is 6.08 Å². The van der Waals surface area contributed by atoms with Crippen molar-refractivity contribution < 1.29 is 23.4 Å². The van der Waals surface area contributed by atoms with Crippen molar-refractivity contribution >= 4 is 23.6 Å². The number of halogens is 2. The predicted molar refractivity (Wildman–Crippen MR) is 103 cm³/mol. The Hall–Kier alpha value is -2.73. The first kappa shape index (κ1) is 20.6. The summed E-state index contributed by atoms with van der Waals surface area (Å²) in [5, 5.41) is 3.15. The van der Waals surface area contributed by atoms with Gasteiger partial charge in [-0.15, -0.1) is 0 Å². The van der Waals surface area contributed by atoms with Crippen LogP contribution in [0.3, 0.4) is 0 Å². The third-order valence-corrected chi connectivity index (χ3v) is 4.20. The smallest absolute Gasteiger partial charge is 0.244 e. The Balaban J connectivity index is 2.08. The van der Waals surface area contributed by atoms with E-state index in [-0.39, 0.29) is 17.7 Å². The van der Waals surface area contributed by atoms with Crippen molar-refractivity contribution in [3.63, 3.8) is 0 Å². The lowest BCUT2D eigenvalue weighted by molar-refractivity contribution is -0.117. The van der Waals surface area contributed by atoms with Gasteiger partial charge in [-0.3, -0.25) is 4.79 Å². The maximum absolute atomic E-state index is 13.8. The van der Waals surface area contributed by atoms with Crippen LogP contribution in [0.4, 0.5) is 4.39 Å². The standard InChI is InChI=1S/C20H21ClFNO4/c1-12(14-6-7-17(25-2)16(22)11-14)23-19(24)8-5-13-9-15(21)20(27-4)18(10-13)26-3/h5-12H,1-4H3,(H,23,24)/b8-5+/t12-/m1/s1. The normalized spacial score (nSPS) is 11.9. The van der Waals surface area contributed by atoms with Crippen LogP contribution in [0.5, 0.6) is 17.2 Å². The monoisotopic (exact) mass is 393 g/mol. The molecule has 5 nitrogen and oxygen atoms in total. The zero-order valence-corrected chi connectivity index (χ0v) is 16.3. The van der Waals surface area contributed by atoms with Gasteiger partial charge in [0.2, 0.25) is 5.91 Å². The average molecular weight is 394 g/mol. The molecule has 27 heavy (non-hydrogen) atoms. The number of carbonyl (C=O) groups excluding carboxylic acids is 1. The molecule has 0 aliphatic heterocycles. The van der Waals surface area contributed by atoms with Crippen molar-refractivity contribution in [3.8, 4) is 17.2 Å². The quantitative estimate of drug-likeness (QED) is 0.708. The fourth-order valence-electron chi connectivity index (χ4n) is 2.50. The maximum Gasteiger partial charge on any atom is 0.244 e. The molecule has 0 aromatic heterocycles. The molecule has 0 fully saturated rings. The highest BCUT2D eigenvalue weighted by molar-refractivity contribution is 6.32. The topological polar surface area (TPSA) is 56.8 Å². The number of benzene rings is 2. The Morgan fingerprint density at radius 1 is 1.11 bits per heavy atom. The molecule has 0 spiro atoms. The molecule has 0 unspecified atom stereocenters. The number of methoxy groups -OCH3 is 3. The minimum atomic E-state index is -0.480. The van der Waals surface area contributed by atoms with Crippen molar-refractivity contribution in [2.75, 3.05) is 21.3 Å². The van der Waals surface area contributed by atoms with Crippen molar-refractivity contribution in [2.24, 2.45) is 0 Å². The molecule has 1 atom stereocenters. The minimum Gasteiger partial charge on any atom is -0.494 e. The molecule has 0 radical (unpaired) electrons. The van der Waals surface area contributed by atoms with Crippen LogP contribution in [0.1, 0.15) is 24.1 Å².